The number of fused-ring (bicyclic) bond motifs is 1. The molecule has 0 saturated heterocycles. The number of rotatable bonds is 6. The van der Waals surface area contributed by atoms with E-state index in [0.29, 0.717) is 11.9 Å². The third kappa shape index (κ3) is 3.66. The van der Waals surface area contributed by atoms with Crippen molar-refractivity contribution >= 4 is 47.3 Å². The van der Waals surface area contributed by atoms with E-state index < -0.39 is 9.84 Å². The highest BCUT2D eigenvalue weighted by molar-refractivity contribution is 9.11. The maximum atomic E-state index is 12.4. The van der Waals surface area contributed by atoms with Crippen molar-refractivity contribution in [2.24, 2.45) is 0 Å². The van der Waals surface area contributed by atoms with Crippen molar-refractivity contribution < 1.29 is 13.2 Å². The lowest BCUT2D eigenvalue weighted by molar-refractivity contribution is 0.123. The van der Waals surface area contributed by atoms with Crippen LogP contribution in [-0.2, 0) is 14.6 Å². The summed E-state index contributed by atoms with van der Waals surface area (Å²) in [5, 5.41) is 0. The van der Waals surface area contributed by atoms with Gasteiger partial charge >= 0.3 is 0 Å². The Kier molecular flexibility index (Phi) is 5.31. The van der Waals surface area contributed by atoms with Crippen molar-refractivity contribution in [1.82, 2.24) is 4.98 Å². The highest BCUT2D eigenvalue weighted by atomic mass is 79.9. The van der Waals surface area contributed by atoms with Gasteiger partial charge in [0.25, 0.3) is 0 Å². The van der Waals surface area contributed by atoms with Gasteiger partial charge in [-0.25, -0.2) is 13.4 Å². The minimum atomic E-state index is -3.43. The molecule has 0 aliphatic rings. The van der Waals surface area contributed by atoms with E-state index in [0.717, 1.165) is 4.70 Å². The van der Waals surface area contributed by atoms with Crippen LogP contribution in [0.2, 0.25) is 0 Å². The number of benzene rings is 1. The van der Waals surface area contributed by atoms with E-state index in [9.17, 15) is 8.42 Å². The van der Waals surface area contributed by atoms with E-state index >= 15 is 0 Å². The van der Waals surface area contributed by atoms with E-state index in [2.05, 4.69) is 20.9 Å². The van der Waals surface area contributed by atoms with E-state index in [4.69, 9.17) is 4.74 Å². The quantitative estimate of drug-likeness (QED) is 0.776. The molecule has 4 nitrogen and oxygen atoms in total. The SMILES string of the molecule is CO[C@H](C/C=C/Br)CS(=O)(=O)c1nc2ccccc2s1. The molecule has 2 rings (SSSR count). The lowest BCUT2D eigenvalue weighted by atomic mass is 10.3. The second-order valence-electron chi connectivity index (χ2n) is 4.18. The second kappa shape index (κ2) is 6.80. The summed E-state index contributed by atoms with van der Waals surface area (Å²) in [4.78, 5) is 5.90. The van der Waals surface area contributed by atoms with Crippen LogP contribution in [0.3, 0.4) is 0 Å². The molecule has 0 amide bonds. The van der Waals surface area contributed by atoms with Gasteiger partial charge in [0, 0.05) is 7.11 Å². The largest absolute Gasteiger partial charge is 0.380 e. The fraction of sp³-hybridized carbons (Fsp3) is 0.308. The maximum absolute atomic E-state index is 12.4. The van der Waals surface area contributed by atoms with Gasteiger partial charge < -0.3 is 4.74 Å². The summed E-state index contributed by atoms with van der Waals surface area (Å²) in [5.74, 6) is -0.0688. The molecule has 0 aliphatic carbocycles. The van der Waals surface area contributed by atoms with Crippen molar-refractivity contribution in [1.29, 1.82) is 0 Å². The van der Waals surface area contributed by atoms with Gasteiger partial charge in [-0.1, -0.05) is 34.1 Å². The Balaban J connectivity index is 2.25. The van der Waals surface area contributed by atoms with Gasteiger partial charge in [0.2, 0.25) is 14.2 Å². The van der Waals surface area contributed by atoms with Crippen molar-refractivity contribution in [3.8, 4) is 0 Å². The van der Waals surface area contributed by atoms with Crippen LogP contribution in [0.4, 0.5) is 0 Å². The van der Waals surface area contributed by atoms with Crippen LogP contribution >= 0.6 is 27.3 Å². The Morgan fingerprint density at radius 2 is 2.20 bits per heavy atom. The average molecular weight is 376 g/mol. The number of para-hydroxylation sites is 1. The zero-order valence-electron chi connectivity index (χ0n) is 10.8. The first-order valence-electron chi connectivity index (χ1n) is 5.93. The second-order valence-corrected chi connectivity index (χ2v) is 7.95. The normalized spacial score (nSPS) is 14.1. The lowest BCUT2D eigenvalue weighted by Crippen LogP contribution is -2.22. The molecule has 1 aromatic carbocycles. The molecule has 1 aromatic heterocycles. The number of methoxy groups -OCH3 is 1. The van der Waals surface area contributed by atoms with Crippen molar-refractivity contribution in [3.63, 3.8) is 0 Å². The number of hydrogen-bond acceptors (Lipinski definition) is 5. The fourth-order valence-electron chi connectivity index (χ4n) is 1.74. The van der Waals surface area contributed by atoms with Crippen molar-refractivity contribution in [2.45, 2.75) is 16.9 Å². The van der Waals surface area contributed by atoms with Gasteiger partial charge in [0.05, 0.1) is 22.1 Å². The molecule has 0 radical (unpaired) electrons. The third-order valence-electron chi connectivity index (χ3n) is 2.77. The topological polar surface area (TPSA) is 56.3 Å². The summed E-state index contributed by atoms with van der Waals surface area (Å²) in [6.07, 6.45) is 1.98. The molecular weight excluding hydrogens is 362 g/mol. The van der Waals surface area contributed by atoms with Gasteiger partial charge in [-0.3, -0.25) is 0 Å². The molecule has 20 heavy (non-hydrogen) atoms. The monoisotopic (exact) mass is 375 g/mol. The summed E-state index contributed by atoms with van der Waals surface area (Å²) in [5.41, 5.74) is 0.713. The molecule has 0 aliphatic heterocycles. The highest BCUT2D eigenvalue weighted by Crippen LogP contribution is 2.26. The first kappa shape index (κ1) is 15.6. The van der Waals surface area contributed by atoms with E-state index in [-0.39, 0.29) is 16.2 Å². The van der Waals surface area contributed by atoms with Crippen LogP contribution in [0.25, 0.3) is 10.2 Å². The molecule has 1 heterocycles. The third-order valence-corrected chi connectivity index (χ3v) is 6.42. The molecule has 7 heteroatoms. The smallest absolute Gasteiger partial charge is 0.210 e. The minimum absolute atomic E-state index is 0.0688. The number of aromatic nitrogens is 1. The first-order chi connectivity index (χ1) is 9.56. The van der Waals surface area contributed by atoms with Gasteiger partial charge in [-0.05, 0) is 23.5 Å². The van der Waals surface area contributed by atoms with Crippen molar-refractivity contribution in [3.05, 3.63) is 35.3 Å². The molecule has 1 atom stereocenters. The Labute approximate surface area is 130 Å². The molecule has 0 bridgehead atoms. The van der Waals surface area contributed by atoms with Gasteiger partial charge in [0.1, 0.15) is 0 Å². The number of hydrogen-bond donors (Lipinski definition) is 0. The highest BCUT2D eigenvalue weighted by Gasteiger charge is 2.24. The fourth-order valence-corrected chi connectivity index (χ4v) is 4.77. The molecule has 0 N–H and O–H groups in total. The van der Waals surface area contributed by atoms with E-state index in [1.807, 2.05) is 30.3 Å². The summed E-state index contributed by atoms with van der Waals surface area (Å²) in [6, 6.07) is 7.40. The van der Waals surface area contributed by atoms with E-state index in [1.54, 1.807) is 4.99 Å². The van der Waals surface area contributed by atoms with E-state index in [1.165, 1.54) is 18.4 Å². The van der Waals surface area contributed by atoms with Crippen molar-refractivity contribution in [2.75, 3.05) is 12.9 Å². The number of sulfone groups is 1. The Hall–Kier alpha value is -0.760. The zero-order valence-corrected chi connectivity index (χ0v) is 14.0. The molecule has 0 fully saturated rings. The maximum Gasteiger partial charge on any atom is 0.210 e. The van der Waals surface area contributed by atoms with Gasteiger partial charge in [0.15, 0.2) is 0 Å². The molecule has 2 aromatic rings. The van der Waals surface area contributed by atoms with Crippen LogP contribution in [0.5, 0.6) is 0 Å². The molecular formula is C13H14BrNO3S2. The molecule has 0 saturated carbocycles. The first-order valence-corrected chi connectivity index (χ1v) is 9.31. The average Bonchev–Trinajstić information content (AvgIpc) is 2.88. The van der Waals surface area contributed by atoms with Crippen LogP contribution in [-0.4, -0.2) is 32.4 Å². The molecule has 0 unspecified atom stereocenters. The number of thiazole rings is 1. The summed E-state index contributed by atoms with van der Waals surface area (Å²) in [6.45, 7) is 0. The number of nitrogens with zero attached hydrogens (tertiary/aromatic N) is 1. The van der Waals surface area contributed by atoms with Crippen LogP contribution in [0.15, 0.2) is 39.7 Å². The predicted molar refractivity (Wildman–Crippen MR) is 85.2 cm³/mol. The molecule has 108 valence electrons. The minimum Gasteiger partial charge on any atom is -0.380 e. The number of halogens is 1. The summed E-state index contributed by atoms with van der Waals surface area (Å²) < 4.78 is 31.0. The number of ether oxygens (including phenoxy) is 1. The van der Waals surface area contributed by atoms with Crippen LogP contribution in [0, 0.1) is 0 Å². The lowest BCUT2D eigenvalue weighted by Gasteiger charge is -2.12. The Morgan fingerprint density at radius 1 is 1.45 bits per heavy atom. The summed E-state index contributed by atoms with van der Waals surface area (Å²) in [7, 11) is -1.92. The van der Waals surface area contributed by atoms with Gasteiger partial charge in [-0.2, -0.15) is 0 Å². The summed E-state index contributed by atoms with van der Waals surface area (Å²) >= 11 is 4.36. The van der Waals surface area contributed by atoms with Crippen LogP contribution < -0.4 is 0 Å². The Bertz CT molecular complexity index is 676. The standard InChI is InChI=1S/C13H14BrNO3S2/c1-18-10(5-4-8-14)9-20(16,17)13-15-11-6-2-3-7-12(11)19-13/h2-4,6-8,10H,5,9H2,1H3/b8-4+/t10-/m1/s1. The van der Waals surface area contributed by atoms with Gasteiger partial charge in [-0.15, -0.1) is 11.3 Å². The zero-order chi connectivity index (χ0) is 14.6. The predicted octanol–water partition coefficient (Wildman–Crippen LogP) is 3.38. The molecule has 0 spiro atoms. The Morgan fingerprint density at radius 3 is 2.85 bits per heavy atom. The van der Waals surface area contributed by atoms with Crippen LogP contribution in [0.1, 0.15) is 6.42 Å².